The van der Waals surface area contributed by atoms with Crippen molar-refractivity contribution in [2.45, 2.75) is 0 Å². The second kappa shape index (κ2) is 12.3. The molecule has 0 aliphatic heterocycles. The zero-order valence-electron chi connectivity index (χ0n) is 30.4. The topological polar surface area (TPSA) is 69.9 Å². The fourth-order valence-corrected chi connectivity index (χ4v) is 8.48. The molecule has 4 heterocycles. The molecule has 0 amide bonds. The van der Waals surface area contributed by atoms with Gasteiger partial charge in [0.1, 0.15) is 22.3 Å². The first-order valence-corrected chi connectivity index (χ1v) is 19.0. The molecule has 0 saturated carbocycles. The van der Waals surface area contributed by atoms with Gasteiger partial charge in [0.05, 0.1) is 16.7 Å². The number of benzene rings is 8. The van der Waals surface area contributed by atoms with Crippen LogP contribution >= 0.6 is 0 Å². The normalized spacial score (nSPS) is 11.9. The van der Waals surface area contributed by atoms with Crippen molar-refractivity contribution in [2.75, 3.05) is 0 Å². The smallest absolute Gasteiger partial charge is 0.166 e. The third kappa shape index (κ3) is 4.94. The summed E-state index contributed by atoms with van der Waals surface area (Å²) < 4.78 is 15.2. The Morgan fingerprint density at radius 2 is 0.860 bits per heavy atom. The van der Waals surface area contributed by atoms with Crippen molar-refractivity contribution in [1.82, 2.24) is 19.5 Å². The Labute approximate surface area is 325 Å². The molecule has 12 rings (SSSR count). The molecule has 0 unspecified atom stereocenters. The molecule has 57 heavy (non-hydrogen) atoms. The maximum atomic E-state index is 6.55. The third-order valence-corrected chi connectivity index (χ3v) is 11.1. The molecule has 266 valence electrons. The lowest BCUT2D eigenvalue weighted by molar-refractivity contribution is 0.668. The van der Waals surface area contributed by atoms with E-state index in [4.69, 9.17) is 23.8 Å². The molecule has 4 aromatic heterocycles. The Morgan fingerprint density at radius 1 is 0.333 bits per heavy atom. The highest BCUT2D eigenvalue weighted by Crippen LogP contribution is 2.40. The van der Waals surface area contributed by atoms with E-state index in [1.54, 1.807) is 0 Å². The Hall–Kier alpha value is -7.83. The van der Waals surface area contributed by atoms with Gasteiger partial charge < -0.3 is 13.4 Å². The van der Waals surface area contributed by atoms with Crippen molar-refractivity contribution < 1.29 is 8.83 Å². The lowest BCUT2D eigenvalue weighted by atomic mass is 9.99. The zero-order valence-corrected chi connectivity index (χ0v) is 30.4. The summed E-state index contributed by atoms with van der Waals surface area (Å²) in [5.74, 6) is 1.65. The summed E-state index contributed by atoms with van der Waals surface area (Å²) in [5, 5.41) is 6.62. The average molecular weight is 731 g/mol. The maximum Gasteiger partial charge on any atom is 0.166 e. The van der Waals surface area contributed by atoms with Crippen molar-refractivity contribution in [1.29, 1.82) is 0 Å². The quantitative estimate of drug-likeness (QED) is 0.176. The molecule has 0 spiro atoms. The van der Waals surface area contributed by atoms with E-state index in [2.05, 4.69) is 132 Å². The van der Waals surface area contributed by atoms with E-state index in [-0.39, 0.29) is 0 Å². The van der Waals surface area contributed by atoms with Gasteiger partial charge in [-0.3, -0.25) is 0 Å². The molecule has 0 radical (unpaired) electrons. The molecule has 12 aromatic rings. The number of hydrogen-bond donors (Lipinski definition) is 0. The van der Waals surface area contributed by atoms with E-state index in [0.29, 0.717) is 17.5 Å². The van der Waals surface area contributed by atoms with Gasteiger partial charge in [-0.2, -0.15) is 0 Å². The summed E-state index contributed by atoms with van der Waals surface area (Å²) >= 11 is 0. The fraction of sp³-hybridized carbons (Fsp3) is 0. The van der Waals surface area contributed by atoms with E-state index < -0.39 is 0 Å². The lowest BCUT2D eigenvalue weighted by Gasteiger charge is -2.14. The second-order valence-electron chi connectivity index (χ2n) is 14.4. The molecule has 0 saturated heterocycles. The summed E-state index contributed by atoms with van der Waals surface area (Å²) in [4.78, 5) is 15.7. The van der Waals surface area contributed by atoms with Gasteiger partial charge in [0.2, 0.25) is 0 Å². The van der Waals surface area contributed by atoms with Crippen LogP contribution in [-0.2, 0) is 0 Å². The summed E-state index contributed by atoms with van der Waals surface area (Å²) in [6, 6.07) is 62.6. The van der Waals surface area contributed by atoms with Crippen LogP contribution in [0.5, 0.6) is 0 Å². The Morgan fingerprint density at radius 3 is 1.61 bits per heavy atom. The van der Waals surface area contributed by atoms with Gasteiger partial charge in [-0.15, -0.1) is 0 Å². The highest BCUT2D eigenvalue weighted by molar-refractivity contribution is 6.13. The van der Waals surface area contributed by atoms with Crippen molar-refractivity contribution in [3.05, 3.63) is 182 Å². The molecule has 6 heteroatoms. The number of aromatic nitrogens is 4. The molecule has 0 aliphatic rings. The number of para-hydroxylation sites is 4. The van der Waals surface area contributed by atoms with Crippen molar-refractivity contribution in [3.63, 3.8) is 0 Å². The third-order valence-electron chi connectivity index (χ3n) is 11.1. The minimum Gasteiger partial charge on any atom is -0.456 e. The van der Waals surface area contributed by atoms with Crippen molar-refractivity contribution in [3.8, 4) is 51.0 Å². The van der Waals surface area contributed by atoms with E-state index in [0.717, 1.165) is 88.4 Å². The van der Waals surface area contributed by atoms with Crippen molar-refractivity contribution in [2.24, 2.45) is 0 Å². The highest BCUT2D eigenvalue weighted by Gasteiger charge is 2.21. The fourth-order valence-electron chi connectivity index (χ4n) is 8.48. The van der Waals surface area contributed by atoms with Gasteiger partial charge >= 0.3 is 0 Å². The predicted molar refractivity (Wildman–Crippen MR) is 230 cm³/mol. The summed E-state index contributed by atoms with van der Waals surface area (Å²) in [6.07, 6.45) is 0. The number of hydrogen-bond acceptors (Lipinski definition) is 5. The second-order valence-corrected chi connectivity index (χ2v) is 14.4. The molecule has 0 atom stereocenters. The number of furan rings is 2. The minimum atomic E-state index is 0.544. The van der Waals surface area contributed by atoms with Gasteiger partial charge in [0, 0.05) is 49.0 Å². The molecule has 0 N–H and O–H groups in total. The summed E-state index contributed by atoms with van der Waals surface area (Å²) in [6.45, 7) is 0. The summed E-state index contributed by atoms with van der Waals surface area (Å²) in [7, 11) is 0. The molecule has 0 aliphatic carbocycles. The zero-order chi connectivity index (χ0) is 37.5. The first-order valence-electron chi connectivity index (χ1n) is 19.0. The van der Waals surface area contributed by atoms with Crippen LogP contribution in [0.4, 0.5) is 0 Å². The van der Waals surface area contributed by atoms with Gasteiger partial charge in [0.25, 0.3) is 0 Å². The van der Waals surface area contributed by atoms with Crippen LogP contribution in [0.25, 0.3) is 117 Å². The number of rotatable bonds is 5. The van der Waals surface area contributed by atoms with E-state index in [9.17, 15) is 0 Å². The standard InChI is InChI=1S/C51H30N4O2/c1-2-13-31(14-3-1)34-19-12-24-45-48(34)40-28-26-33(30-47(40)57-45)50-52-49(32-25-27-38-37-17-7-11-23-44(37)56-46(38)29-32)53-51(54-50)39-18-6-10-22-43(39)55-41-20-8-4-15-35(41)36-16-5-9-21-42(36)55/h1-30H. The monoisotopic (exact) mass is 730 g/mol. The van der Waals surface area contributed by atoms with Crippen LogP contribution < -0.4 is 0 Å². The van der Waals surface area contributed by atoms with Crippen LogP contribution in [0.3, 0.4) is 0 Å². The molecular weight excluding hydrogens is 701 g/mol. The van der Waals surface area contributed by atoms with Gasteiger partial charge in [-0.25, -0.2) is 15.0 Å². The summed E-state index contributed by atoms with van der Waals surface area (Å²) in [5.41, 5.74) is 11.2. The minimum absolute atomic E-state index is 0.544. The van der Waals surface area contributed by atoms with E-state index >= 15 is 0 Å². The van der Waals surface area contributed by atoms with Crippen LogP contribution in [0.2, 0.25) is 0 Å². The van der Waals surface area contributed by atoms with Crippen LogP contribution in [-0.4, -0.2) is 19.5 Å². The first-order chi connectivity index (χ1) is 28.2. The van der Waals surface area contributed by atoms with Crippen LogP contribution in [0, 0.1) is 0 Å². The predicted octanol–water partition coefficient (Wildman–Crippen LogP) is 13.4. The first kappa shape index (κ1) is 31.5. The Balaban J connectivity index is 1.09. The van der Waals surface area contributed by atoms with Gasteiger partial charge in [-0.05, 0) is 71.8 Å². The lowest BCUT2D eigenvalue weighted by Crippen LogP contribution is -2.03. The SMILES string of the molecule is c1ccc(-c2cccc3oc4cc(-c5nc(-c6ccc7c(c6)oc6ccccc67)nc(-c6ccccc6-n6c7ccccc7c7ccccc76)n5)ccc4c23)cc1. The Bertz CT molecular complexity index is 3490. The van der Waals surface area contributed by atoms with Gasteiger partial charge in [-0.1, -0.05) is 121 Å². The number of fused-ring (bicyclic) bond motifs is 9. The Kier molecular flexibility index (Phi) is 6.83. The molecule has 8 aromatic carbocycles. The molecule has 6 nitrogen and oxygen atoms in total. The average Bonchev–Trinajstić information content (AvgIpc) is 3.95. The molecular formula is C51H30N4O2. The van der Waals surface area contributed by atoms with E-state index in [1.807, 2.05) is 54.6 Å². The molecule has 0 bridgehead atoms. The van der Waals surface area contributed by atoms with Crippen LogP contribution in [0.1, 0.15) is 0 Å². The van der Waals surface area contributed by atoms with Gasteiger partial charge in [0.15, 0.2) is 17.5 Å². The van der Waals surface area contributed by atoms with Crippen LogP contribution in [0.15, 0.2) is 191 Å². The highest BCUT2D eigenvalue weighted by atomic mass is 16.3. The van der Waals surface area contributed by atoms with Crippen molar-refractivity contribution >= 4 is 65.7 Å². The van der Waals surface area contributed by atoms with E-state index in [1.165, 1.54) is 10.8 Å². The maximum absolute atomic E-state index is 6.55. The number of nitrogens with zero attached hydrogens (tertiary/aromatic N) is 4. The largest absolute Gasteiger partial charge is 0.456 e. The molecule has 0 fully saturated rings.